The van der Waals surface area contributed by atoms with Crippen LogP contribution in [0, 0.1) is 0 Å². The van der Waals surface area contributed by atoms with Crippen molar-refractivity contribution >= 4 is 23.6 Å². The molecule has 2 fully saturated rings. The summed E-state index contributed by atoms with van der Waals surface area (Å²) in [5.74, 6) is 0.564. The van der Waals surface area contributed by atoms with E-state index in [0.717, 1.165) is 31.7 Å². The molecular weight excluding hydrogens is 346 g/mol. The zero-order valence-corrected chi connectivity index (χ0v) is 17.0. The number of amides is 2. The van der Waals surface area contributed by atoms with Gasteiger partial charge in [0.25, 0.3) is 0 Å². The average Bonchev–Trinajstić information content (AvgIpc) is 2.95. The molecule has 2 aliphatic heterocycles. The molecule has 0 spiro atoms. The lowest BCUT2D eigenvalue weighted by Gasteiger charge is -2.34. The van der Waals surface area contributed by atoms with Crippen LogP contribution in [-0.2, 0) is 15.0 Å². The van der Waals surface area contributed by atoms with Gasteiger partial charge in [-0.2, -0.15) is 0 Å². The fourth-order valence-corrected chi connectivity index (χ4v) is 4.54. The highest BCUT2D eigenvalue weighted by Gasteiger charge is 2.35. The molecule has 5 nitrogen and oxygen atoms in total. The summed E-state index contributed by atoms with van der Waals surface area (Å²) in [6, 6.07) is 8.48. The Bertz CT molecular complexity index is 661. The molecule has 0 bridgehead atoms. The molecule has 0 radical (unpaired) electrons. The summed E-state index contributed by atoms with van der Waals surface area (Å²) in [6.07, 6.45) is 0. The largest absolute Gasteiger partial charge is 0.339 e. The van der Waals surface area contributed by atoms with Crippen molar-refractivity contribution < 1.29 is 9.59 Å². The van der Waals surface area contributed by atoms with Crippen molar-refractivity contribution in [2.45, 2.75) is 31.6 Å². The van der Waals surface area contributed by atoms with Gasteiger partial charge in [0.2, 0.25) is 11.8 Å². The van der Waals surface area contributed by atoms with Crippen molar-refractivity contribution in [3.05, 3.63) is 35.4 Å². The summed E-state index contributed by atoms with van der Waals surface area (Å²) in [6.45, 7) is 10.0. The molecule has 3 rings (SSSR count). The van der Waals surface area contributed by atoms with Crippen molar-refractivity contribution in [3.8, 4) is 0 Å². The van der Waals surface area contributed by atoms with Gasteiger partial charge < -0.3 is 14.7 Å². The number of nitrogens with zero attached hydrogens (tertiary/aromatic N) is 3. The predicted octanol–water partition coefficient (Wildman–Crippen LogP) is 2.33. The number of benzene rings is 1. The number of hydrogen-bond donors (Lipinski definition) is 0. The molecule has 2 amide bonds. The van der Waals surface area contributed by atoms with Gasteiger partial charge in [-0.1, -0.05) is 45.0 Å². The Morgan fingerprint density at radius 3 is 2.31 bits per heavy atom. The standard InChI is InChI=1S/C20H29N3O2S/c1-20(2,3)16-7-5-15(6-8-16)19-23(18(25)14-26-19)13-17(24)22-11-9-21(4)10-12-22/h5-8,19H,9-14H2,1-4H3. The van der Waals surface area contributed by atoms with Crippen molar-refractivity contribution in [2.75, 3.05) is 45.5 Å². The Morgan fingerprint density at radius 1 is 1.12 bits per heavy atom. The fraction of sp³-hybridized carbons (Fsp3) is 0.600. The van der Waals surface area contributed by atoms with Gasteiger partial charge >= 0.3 is 0 Å². The van der Waals surface area contributed by atoms with Gasteiger partial charge in [0.15, 0.2) is 0 Å². The van der Waals surface area contributed by atoms with Gasteiger partial charge in [-0.3, -0.25) is 9.59 Å². The second kappa shape index (κ2) is 7.61. The fourth-order valence-electron chi connectivity index (χ4n) is 3.35. The minimum absolute atomic E-state index is 0.0578. The van der Waals surface area contributed by atoms with Crippen LogP contribution in [-0.4, -0.2) is 72.0 Å². The van der Waals surface area contributed by atoms with Crippen molar-refractivity contribution in [1.29, 1.82) is 0 Å². The summed E-state index contributed by atoms with van der Waals surface area (Å²) < 4.78 is 0. The van der Waals surface area contributed by atoms with Crippen molar-refractivity contribution in [3.63, 3.8) is 0 Å². The van der Waals surface area contributed by atoms with Crippen LogP contribution in [0.1, 0.15) is 37.3 Å². The van der Waals surface area contributed by atoms with Gasteiger partial charge in [-0.25, -0.2) is 0 Å². The van der Waals surface area contributed by atoms with Gasteiger partial charge in [-0.15, -0.1) is 11.8 Å². The highest BCUT2D eigenvalue weighted by atomic mass is 32.2. The molecule has 2 heterocycles. The van der Waals surface area contributed by atoms with E-state index in [1.807, 2.05) is 4.90 Å². The third kappa shape index (κ3) is 4.23. The van der Waals surface area contributed by atoms with Crippen LogP contribution in [0.5, 0.6) is 0 Å². The maximum absolute atomic E-state index is 12.7. The Kier molecular flexibility index (Phi) is 5.63. The first kappa shape index (κ1) is 19.2. The molecule has 0 aromatic heterocycles. The molecule has 1 aromatic carbocycles. The van der Waals surface area contributed by atoms with E-state index in [1.54, 1.807) is 16.7 Å². The van der Waals surface area contributed by atoms with Crippen LogP contribution >= 0.6 is 11.8 Å². The summed E-state index contributed by atoms with van der Waals surface area (Å²) >= 11 is 1.61. The molecule has 0 saturated carbocycles. The van der Waals surface area contributed by atoms with E-state index in [0.29, 0.717) is 5.75 Å². The van der Waals surface area contributed by atoms with Crippen LogP contribution in [0.4, 0.5) is 0 Å². The maximum Gasteiger partial charge on any atom is 0.242 e. The second-order valence-corrected chi connectivity index (χ2v) is 9.31. The summed E-state index contributed by atoms with van der Waals surface area (Å²) in [7, 11) is 2.07. The van der Waals surface area contributed by atoms with Gasteiger partial charge in [0, 0.05) is 26.2 Å². The Balaban J connectivity index is 1.69. The molecular formula is C20H29N3O2S. The average molecular weight is 376 g/mol. The van der Waals surface area contributed by atoms with E-state index < -0.39 is 0 Å². The SMILES string of the molecule is CN1CCN(C(=O)CN2C(=O)CSC2c2ccc(C(C)(C)C)cc2)CC1. The molecule has 6 heteroatoms. The maximum atomic E-state index is 12.7. The number of piperazine rings is 1. The molecule has 1 aromatic rings. The van der Waals surface area contributed by atoms with E-state index in [4.69, 9.17) is 0 Å². The minimum Gasteiger partial charge on any atom is -0.339 e. The topological polar surface area (TPSA) is 43.9 Å². The van der Waals surface area contributed by atoms with Crippen LogP contribution in [0.25, 0.3) is 0 Å². The number of carbonyl (C=O) groups is 2. The van der Waals surface area contributed by atoms with Crippen molar-refractivity contribution in [2.24, 2.45) is 0 Å². The predicted molar refractivity (Wildman–Crippen MR) is 106 cm³/mol. The van der Waals surface area contributed by atoms with E-state index in [9.17, 15) is 9.59 Å². The third-order valence-corrected chi connectivity index (χ3v) is 6.45. The Labute approximate surface area is 160 Å². The summed E-state index contributed by atoms with van der Waals surface area (Å²) in [5.41, 5.74) is 2.48. The van der Waals surface area contributed by atoms with E-state index in [2.05, 4.69) is 57.0 Å². The molecule has 26 heavy (non-hydrogen) atoms. The lowest BCUT2D eigenvalue weighted by atomic mass is 9.87. The number of thioether (sulfide) groups is 1. The Hall–Kier alpha value is -1.53. The number of likely N-dealkylation sites (N-methyl/N-ethyl adjacent to an activating group) is 1. The normalized spacial score (nSPS) is 22.2. The molecule has 2 saturated heterocycles. The zero-order valence-electron chi connectivity index (χ0n) is 16.2. The number of hydrogen-bond acceptors (Lipinski definition) is 4. The highest BCUT2D eigenvalue weighted by molar-refractivity contribution is 8.00. The summed E-state index contributed by atoms with van der Waals surface area (Å²) in [5, 5.41) is -0.0621. The van der Waals surface area contributed by atoms with Crippen LogP contribution < -0.4 is 0 Å². The first-order chi connectivity index (χ1) is 12.3. The zero-order chi connectivity index (χ0) is 18.9. The van der Waals surface area contributed by atoms with Crippen molar-refractivity contribution in [1.82, 2.24) is 14.7 Å². The molecule has 0 aliphatic carbocycles. The molecule has 0 N–H and O–H groups in total. The summed E-state index contributed by atoms with van der Waals surface area (Å²) in [4.78, 5) is 30.9. The first-order valence-electron chi connectivity index (χ1n) is 9.23. The van der Waals surface area contributed by atoms with Crippen LogP contribution in [0.3, 0.4) is 0 Å². The minimum atomic E-state index is -0.0621. The quantitative estimate of drug-likeness (QED) is 0.813. The van der Waals surface area contributed by atoms with Crippen LogP contribution in [0.15, 0.2) is 24.3 Å². The number of rotatable bonds is 3. The van der Waals surface area contributed by atoms with E-state index >= 15 is 0 Å². The smallest absolute Gasteiger partial charge is 0.242 e. The first-order valence-corrected chi connectivity index (χ1v) is 10.3. The van der Waals surface area contributed by atoms with Crippen LogP contribution in [0.2, 0.25) is 0 Å². The molecule has 2 aliphatic rings. The number of carbonyl (C=O) groups excluding carboxylic acids is 2. The van der Waals surface area contributed by atoms with E-state index in [-0.39, 0.29) is 29.1 Å². The van der Waals surface area contributed by atoms with Gasteiger partial charge in [0.1, 0.15) is 11.9 Å². The van der Waals surface area contributed by atoms with Gasteiger partial charge in [-0.05, 0) is 23.6 Å². The lowest BCUT2D eigenvalue weighted by Crippen LogP contribution is -2.50. The Morgan fingerprint density at radius 2 is 1.73 bits per heavy atom. The second-order valence-electron chi connectivity index (χ2n) is 8.24. The molecule has 1 atom stereocenters. The lowest BCUT2D eigenvalue weighted by molar-refractivity contribution is -0.140. The van der Waals surface area contributed by atoms with Gasteiger partial charge in [0.05, 0.1) is 5.75 Å². The highest BCUT2D eigenvalue weighted by Crippen LogP contribution is 2.39. The van der Waals surface area contributed by atoms with E-state index in [1.165, 1.54) is 5.56 Å². The molecule has 1 unspecified atom stereocenters. The monoisotopic (exact) mass is 375 g/mol. The molecule has 142 valence electrons. The third-order valence-electron chi connectivity index (χ3n) is 5.19.